The van der Waals surface area contributed by atoms with Gasteiger partial charge >= 0.3 is 0 Å². The summed E-state index contributed by atoms with van der Waals surface area (Å²) < 4.78 is 16.2. The third kappa shape index (κ3) is 3.03. The monoisotopic (exact) mass is 237 g/mol. The first kappa shape index (κ1) is 12.0. The molecule has 1 N–H and O–H groups in total. The first-order valence-corrected chi connectivity index (χ1v) is 6.07. The maximum absolute atomic E-state index is 5.58. The van der Waals surface area contributed by atoms with Gasteiger partial charge in [0.05, 0.1) is 38.2 Å². The molecular weight excluding hydrogens is 218 g/mol. The van der Waals surface area contributed by atoms with Crippen molar-refractivity contribution >= 4 is 5.69 Å². The number of nitrogens with one attached hydrogen (secondary N) is 1. The molecule has 0 atom stereocenters. The summed E-state index contributed by atoms with van der Waals surface area (Å²) in [6.45, 7) is 6.79. The molecule has 17 heavy (non-hydrogen) atoms. The summed E-state index contributed by atoms with van der Waals surface area (Å²) in [6, 6.07) is 6.23. The predicted molar refractivity (Wildman–Crippen MR) is 67.0 cm³/mol. The highest BCUT2D eigenvalue weighted by atomic mass is 16.5. The van der Waals surface area contributed by atoms with E-state index >= 15 is 0 Å². The minimum Gasteiger partial charge on any atom is -0.494 e. The normalized spacial score (nSPS) is 15.2. The van der Waals surface area contributed by atoms with Gasteiger partial charge in [-0.1, -0.05) is 0 Å². The Labute approximate surface area is 102 Å². The zero-order valence-electron chi connectivity index (χ0n) is 10.4. The average Bonchev–Trinajstić information content (AvgIpc) is 2.27. The number of hydrogen-bond acceptors (Lipinski definition) is 4. The van der Waals surface area contributed by atoms with Crippen molar-refractivity contribution in [2.75, 3.05) is 31.7 Å². The SMILES string of the molecule is CCOc1ccc(OCC)c(NC2COC2)c1. The lowest BCUT2D eigenvalue weighted by atomic mass is 10.2. The van der Waals surface area contributed by atoms with Crippen LogP contribution in [0, 0.1) is 0 Å². The van der Waals surface area contributed by atoms with E-state index in [0.29, 0.717) is 19.3 Å². The molecule has 1 aromatic carbocycles. The van der Waals surface area contributed by atoms with E-state index in [1.165, 1.54) is 0 Å². The van der Waals surface area contributed by atoms with Gasteiger partial charge in [0.2, 0.25) is 0 Å². The number of ether oxygens (including phenoxy) is 3. The van der Waals surface area contributed by atoms with Gasteiger partial charge in [-0.15, -0.1) is 0 Å². The summed E-state index contributed by atoms with van der Waals surface area (Å²) in [5.41, 5.74) is 0.978. The second kappa shape index (κ2) is 5.77. The molecule has 1 fully saturated rings. The van der Waals surface area contributed by atoms with Crippen LogP contribution < -0.4 is 14.8 Å². The lowest BCUT2D eigenvalue weighted by molar-refractivity contribution is 0.0210. The Morgan fingerprint density at radius 3 is 2.59 bits per heavy atom. The summed E-state index contributed by atoms with van der Waals surface area (Å²) >= 11 is 0. The molecule has 2 rings (SSSR count). The summed E-state index contributed by atoms with van der Waals surface area (Å²) in [4.78, 5) is 0. The highest BCUT2D eigenvalue weighted by Crippen LogP contribution is 2.30. The van der Waals surface area contributed by atoms with Crippen LogP contribution in [0.2, 0.25) is 0 Å². The van der Waals surface area contributed by atoms with E-state index in [0.717, 1.165) is 30.4 Å². The molecule has 4 heteroatoms. The average molecular weight is 237 g/mol. The Bertz CT molecular complexity index is 364. The highest BCUT2D eigenvalue weighted by Gasteiger charge is 2.19. The van der Waals surface area contributed by atoms with E-state index in [2.05, 4.69) is 5.32 Å². The number of hydrogen-bond donors (Lipinski definition) is 1. The summed E-state index contributed by atoms with van der Waals surface area (Å²) in [6.07, 6.45) is 0. The molecule has 0 radical (unpaired) electrons. The topological polar surface area (TPSA) is 39.7 Å². The Kier molecular flexibility index (Phi) is 4.09. The molecule has 0 amide bonds. The highest BCUT2D eigenvalue weighted by molar-refractivity contribution is 5.60. The first-order chi connectivity index (χ1) is 8.33. The van der Waals surface area contributed by atoms with Crippen molar-refractivity contribution < 1.29 is 14.2 Å². The van der Waals surface area contributed by atoms with Gasteiger partial charge in [-0.2, -0.15) is 0 Å². The van der Waals surface area contributed by atoms with E-state index in [1.807, 2.05) is 32.0 Å². The molecule has 1 aromatic rings. The largest absolute Gasteiger partial charge is 0.494 e. The van der Waals surface area contributed by atoms with Gasteiger partial charge in [0.15, 0.2) is 0 Å². The molecule has 1 saturated heterocycles. The van der Waals surface area contributed by atoms with Crippen molar-refractivity contribution in [2.45, 2.75) is 19.9 Å². The van der Waals surface area contributed by atoms with E-state index in [9.17, 15) is 0 Å². The second-order valence-corrected chi connectivity index (χ2v) is 3.90. The van der Waals surface area contributed by atoms with Crippen LogP contribution in [0.4, 0.5) is 5.69 Å². The minimum atomic E-state index is 0.381. The van der Waals surface area contributed by atoms with Crippen molar-refractivity contribution in [3.8, 4) is 11.5 Å². The van der Waals surface area contributed by atoms with E-state index in [-0.39, 0.29) is 0 Å². The molecule has 0 spiro atoms. The van der Waals surface area contributed by atoms with Gasteiger partial charge in [-0.25, -0.2) is 0 Å². The zero-order valence-corrected chi connectivity index (χ0v) is 10.4. The fourth-order valence-corrected chi connectivity index (χ4v) is 1.70. The van der Waals surface area contributed by atoms with Crippen LogP contribution >= 0.6 is 0 Å². The lowest BCUT2D eigenvalue weighted by Gasteiger charge is -2.28. The van der Waals surface area contributed by atoms with Crippen molar-refractivity contribution in [3.63, 3.8) is 0 Å². The molecule has 0 aromatic heterocycles. The van der Waals surface area contributed by atoms with Crippen molar-refractivity contribution in [3.05, 3.63) is 18.2 Å². The van der Waals surface area contributed by atoms with Gasteiger partial charge in [0.1, 0.15) is 11.5 Å². The van der Waals surface area contributed by atoms with Crippen LogP contribution in [-0.2, 0) is 4.74 Å². The maximum Gasteiger partial charge on any atom is 0.142 e. The Morgan fingerprint density at radius 2 is 2.00 bits per heavy atom. The molecule has 0 aliphatic carbocycles. The van der Waals surface area contributed by atoms with Crippen molar-refractivity contribution in [2.24, 2.45) is 0 Å². The van der Waals surface area contributed by atoms with E-state index in [4.69, 9.17) is 14.2 Å². The Balaban J connectivity index is 2.13. The number of anilines is 1. The Morgan fingerprint density at radius 1 is 1.24 bits per heavy atom. The third-order valence-electron chi connectivity index (χ3n) is 2.56. The smallest absolute Gasteiger partial charge is 0.142 e. The van der Waals surface area contributed by atoms with Crippen LogP contribution in [-0.4, -0.2) is 32.5 Å². The quantitative estimate of drug-likeness (QED) is 0.824. The van der Waals surface area contributed by atoms with Gasteiger partial charge < -0.3 is 19.5 Å². The molecule has 0 bridgehead atoms. The molecule has 4 nitrogen and oxygen atoms in total. The van der Waals surface area contributed by atoms with Gasteiger partial charge in [-0.05, 0) is 26.0 Å². The van der Waals surface area contributed by atoms with Crippen molar-refractivity contribution in [1.29, 1.82) is 0 Å². The maximum atomic E-state index is 5.58. The molecule has 94 valence electrons. The van der Waals surface area contributed by atoms with Crippen LogP contribution in [0.3, 0.4) is 0 Å². The molecule has 1 aliphatic rings. The minimum absolute atomic E-state index is 0.381. The third-order valence-corrected chi connectivity index (χ3v) is 2.56. The van der Waals surface area contributed by atoms with Gasteiger partial charge in [0, 0.05) is 6.07 Å². The lowest BCUT2D eigenvalue weighted by Crippen LogP contribution is -2.40. The predicted octanol–water partition coefficient (Wildman–Crippen LogP) is 2.29. The Hall–Kier alpha value is -1.42. The molecule has 0 unspecified atom stereocenters. The second-order valence-electron chi connectivity index (χ2n) is 3.90. The summed E-state index contributed by atoms with van der Waals surface area (Å²) in [5.74, 6) is 1.72. The number of benzene rings is 1. The molecular formula is C13H19NO3. The van der Waals surface area contributed by atoms with Gasteiger partial charge in [-0.3, -0.25) is 0 Å². The van der Waals surface area contributed by atoms with E-state index < -0.39 is 0 Å². The standard InChI is InChI=1S/C13H19NO3/c1-3-16-11-5-6-13(17-4-2)12(7-11)14-10-8-15-9-10/h5-7,10,14H,3-4,8-9H2,1-2H3. The first-order valence-electron chi connectivity index (χ1n) is 6.07. The molecule has 0 saturated carbocycles. The summed E-state index contributed by atoms with van der Waals surface area (Å²) in [5, 5.41) is 3.40. The van der Waals surface area contributed by atoms with Crippen LogP contribution in [0.25, 0.3) is 0 Å². The van der Waals surface area contributed by atoms with Crippen LogP contribution in [0.1, 0.15) is 13.8 Å². The van der Waals surface area contributed by atoms with Crippen LogP contribution in [0.5, 0.6) is 11.5 Å². The molecule has 1 heterocycles. The number of rotatable bonds is 6. The van der Waals surface area contributed by atoms with Crippen LogP contribution in [0.15, 0.2) is 18.2 Å². The fraction of sp³-hybridized carbons (Fsp3) is 0.538. The van der Waals surface area contributed by atoms with Crippen molar-refractivity contribution in [1.82, 2.24) is 0 Å². The van der Waals surface area contributed by atoms with E-state index in [1.54, 1.807) is 0 Å². The van der Waals surface area contributed by atoms with Gasteiger partial charge in [0.25, 0.3) is 0 Å². The zero-order chi connectivity index (χ0) is 12.1. The fourth-order valence-electron chi connectivity index (χ4n) is 1.70. The molecule has 1 aliphatic heterocycles. The summed E-state index contributed by atoms with van der Waals surface area (Å²) in [7, 11) is 0.